The summed E-state index contributed by atoms with van der Waals surface area (Å²) in [6.45, 7) is 2.06. The zero-order chi connectivity index (χ0) is 14.8. The van der Waals surface area contributed by atoms with E-state index in [0.717, 1.165) is 24.1 Å². The Kier molecular flexibility index (Phi) is 4.45. The summed E-state index contributed by atoms with van der Waals surface area (Å²) in [6.07, 6.45) is 1.86. The molecule has 0 bridgehead atoms. The molecule has 0 aromatic heterocycles. The first kappa shape index (κ1) is 15.0. The molecule has 1 N–H and O–H groups in total. The van der Waals surface area contributed by atoms with Gasteiger partial charge in [-0.25, -0.2) is 8.42 Å². The van der Waals surface area contributed by atoms with Crippen molar-refractivity contribution in [3.63, 3.8) is 0 Å². The molecule has 0 saturated carbocycles. The maximum absolute atomic E-state index is 12.1. The maximum Gasteiger partial charge on any atom is 0.223 e. The van der Waals surface area contributed by atoms with Gasteiger partial charge in [-0.2, -0.15) is 0 Å². The van der Waals surface area contributed by atoms with Gasteiger partial charge in [0.1, 0.15) is 0 Å². The highest BCUT2D eigenvalue weighted by atomic mass is 32.2. The van der Waals surface area contributed by atoms with Crippen LogP contribution >= 0.6 is 0 Å². The van der Waals surface area contributed by atoms with Crippen LogP contribution in [0.2, 0.25) is 0 Å². The molecule has 1 amide bonds. The van der Waals surface area contributed by atoms with Gasteiger partial charge in [-0.15, -0.1) is 0 Å². The zero-order valence-electron chi connectivity index (χ0n) is 11.5. The van der Waals surface area contributed by atoms with Gasteiger partial charge < -0.3 is 10.0 Å². The highest BCUT2D eigenvalue weighted by molar-refractivity contribution is 7.91. The van der Waals surface area contributed by atoms with Gasteiger partial charge in [0, 0.05) is 25.8 Å². The minimum atomic E-state index is -3.36. The Hall–Kier alpha value is -1.40. The predicted molar refractivity (Wildman–Crippen MR) is 76.5 cm³/mol. The van der Waals surface area contributed by atoms with Crippen molar-refractivity contribution >= 4 is 21.4 Å². The number of carbonyl (C=O) groups is 1. The Labute approximate surface area is 119 Å². The van der Waals surface area contributed by atoms with Crippen molar-refractivity contribution in [2.45, 2.75) is 31.1 Å². The fourth-order valence-electron chi connectivity index (χ4n) is 2.47. The normalized spacial score (nSPS) is 15.0. The standard InChI is InChI=1S/C14H19NO4S/c1-11(17)15-7-2-4-12-10-13(5-6-14(12)15)20(18,19)9-3-8-16/h5-6,10,16H,2-4,7-9H2,1H3. The molecule has 20 heavy (non-hydrogen) atoms. The van der Waals surface area contributed by atoms with Crippen LogP contribution < -0.4 is 4.90 Å². The second-order valence-corrected chi connectivity index (χ2v) is 7.07. The number of rotatable bonds is 4. The lowest BCUT2D eigenvalue weighted by molar-refractivity contribution is -0.116. The van der Waals surface area contributed by atoms with E-state index >= 15 is 0 Å². The van der Waals surface area contributed by atoms with Crippen molar-refractivity contribution in [2.75, 3.05) is 23.8 Å². The van der Waals surface area contributed by atoms with Crippen molar-refractivity contribution < 1.29 is 18.3 Å². The molecule has 0 aliphatic carbocycles. The summed E-state index contributed by atoms with van der Waals surface area (Å²) < 4.78 is 24.2. The Bertz CT molecular complexity index is 610. The van der Waals surface area contributed by atoms with Crippen molar-refractivity contribution in [1.82, 2.24) is 0 Å². The van der Waals surface area contributed by atoms with E-state index in [1.165, 1.54) is 6.92 Å². The number of fused-ring (bicyclic) bond motifs is 1. The Morgan fingerprint density at radius 3 is 2.80 bits per heavy atom. The Morgan fingerprint density at radius 1 is 1.40 bits per heavy atom. The van der Waals surface area contributed by atoms with E-state index in [9.17, 15) is 13.2 Å². The molecule has 0 fully saturated rings. The quantitative estimate of drug-likeness (QED) is 0.904. The molecule has 1 aromatic carbocycles. The minimum Gasteiger partial charge on any atom is -0.396 e. The molecule has 1 aliphatic heterocycles. The average molecular weight is 297 g/mol. The summed E-state index contributed by atoms with van der Waals surface area (Å²) >= 11 is 0. The lowest BCUT2D eigenvalue weighted by Gasteiger charge is -2.28. The number of nitrogens with zero attached hydrogens (tertiary/aromatic N) is 1. The fourth-order valence-corrected chi connectivity index (χ4v) is 3.81. The van der Waals surface area contributed by atoms with Crippen LogP contribution in [0, 0.1) is 0 Å². The highest BCUT2D eigenvalue weighted by Gasteiger charge is 2.22. The van der Waals surface area contributed by atoms with Gasteiger partial charge in [-0.05, 0) is 43.0 Å². The maximum atomic E-state index is 12.1. The first-order chi connectivity index (χ1) is 9.45. The van der Waals surface area contributed by atoms with Crippen molar-refractivity contribution in [1.29, 1.82) is 0 Å². The lowest BCUT2D eigenvalue weighted by Crippen LogP contribution is -2.33. The number of amides is 1. The fraction of sp³-hybridized carbons (Fsp3) is 0.500. The number of carbonyl (C=O) groups excluding carboxylic acids is 1. The molecule has 0 saturated heterocycles. The highest BCUT2D eigenvalue weighted by Crippen LogP contribution is 2.29. The van der Waals surface area contributed by atoms with E-state index in [-0.39, 0.29) is 29.6 Å². The van der Waals surface area contributed by atoms with Gasteiger partial charge in [0.15, 0.2) is 9.84 Å². The van der Waals surface area contributed by atoms with Gasteiger partial charge in [-0.1, -0.05) is 0 Å². The Balaban J connectivity index is 2.35. The van der Waals surface area contributed by atoms with Crippen LogP contribution in [-0.2, 0) is 21.1 Å². The number of anilines is 1. The summed E-state index contributed by atoms with van der Waals surface area (Å²) in [4.78, 5) is 13.5. The van der Waals surface area contributed by atoms with Crippen molar-refractivity contribution in [3.05, 3.63) is 23.8 Å². The molecule has 0 radical (unpaired) electrons. The van der Waals surface area contributed by atoms with Crippen LogP contribution in [-0.4, -0.2) is 38.3 Å². The van der Waals surface area contributed by atoms with Gasteiger partial charge in [0.25, 0.3) is 0 Å². The average Bonchev–Trinajstić information content (AvgIpc) is 2.43. The van der Waals surface area contributed by atoms with Crippen LogP contribution in [0.1, 0.15) is 25.3 Å². The second-order valence-electron chi connectivity index (χ2n) is 4.96. The zero-order valence-corrected chi connectivity index (χ0v) is 12.3. The smallest absolute Gasteiger partial charge is 0.223 e. The summed E-state index contributed by atoms with van der Waals surface area (Å²) in [6, 6.07) is 4.92. The molecule has 0 spiro atoms. The van der Waals surface area contributed by atoms with Crippen LogP contribution in [0.15, 0.2) is 23.1 Å². The summed E-state index contributed by atoms with van der Waals surface area (Å²) in [7, 11) is -3.36. The predicted octanol–water partition coefficient (Wildman–Crippen LogP) is 1.14. The molecule has 1 heterocycles. The molecule has 0 atom stereocenters. The largest absolute Gasteiger partial charge is 0.396 e. The molecular formula is C14H19NO4S. The van der Waals surface area contributed by atoms with Crippen molar-refractivity contribution in [3.8, 4) is 0 Å². The third-order valence-electron chi connectivity index (χ3n) is 3.48. The lowest BCUT2D eigenvalue weighted by atomic mass is 10.0. The van der Waals surface area contributed by atoms with Crippen LogP contribution in [0.3, 0.4) is 0 Å². The molecule has 1 aromatic rings. The van der Waals surface area contributed by atoms with Crippen molar-refractivity contribution in [2.24, 2.45) is 0 Å². The van der Waals surface area contributed by atoms with Crippen LogP contribution in [0.5, 0.6) is 0 Å². The number of aliphatic hydroxyl groups excluding tert-OH is 1. The number of aryl methyl sites for hydroxylation is 1. The van der Waals surface area contributed by atoms with E-state index in [4.69, 9.17) is 5.11 Å². The van der Waals surface area contributed by atoms with Crippen LogP contribution in [0.25, 0.3) is 0 Å². The molecule has 1 aliphatic rings. The van der Waals surface area contributed by atoms with Gasteiger partial charge in [0.2, 0.25) is 5.91 Å². The topological polar surface area (TPSA) is 74.7 Å². The first-order valence-corrected chi connectivity index (χ1v) is 8.35. The van der Waals surface area contributed by atoms with E-state index < -0.39 is 9.84 Å². The Morgan fingerprint density at radius 2 is 2.15 bits per heavy atom. The van der Waals surface area contributed by atoms with Gasteiger partial charge in [0.05, 0.1) is 10.6 Å². The van der Waals surface area contributed by atoms with E-state index in [1.54, 1.807) is 23.1 Å². The number of hydrogen-bond acceptors (Lipinski definition) is 4. The van der Waals surface area contributed by atoms with Gasteiger partial charge >= 0.3 is 0 Å². The number of hydrogen-bond donors (Lipinski definition) is 1. The molecule has 2 rings (SSSR count). The number of sulfone groups is 1. The first-order valence-electron chi connectivity index (χ1n) is 6.70. The molecule has 110 valence electrons. The summed E-state index contributed by atoms with van der Waals surface area (Å²) in [5, 5.41) is 8.76. The van der Waals surface area contributed by atoms with E-state index in [2.05, 4.69) is 0 Å². The van der Waals surface area contributed by atoms with Crippen LogP contribution in [0.4, 0.5) is 5.69 Å². The van der Waals surface area contributed by atoms with E-state index in [0.29, 0.717) is 6.54 Å². The minimum absolute atomic E-state index is 0.0261. The second kappa shape index (κ2) is 5.93. The third-order valence-corrected chi connectivity index (χ3v) is 5.28. The third kappa shape index (κ3) is 3.02. The molecule has 5 nitrogen and oxygen atoms in total. The summed E-state index contributed by atoms with van der Waals surface area (Å²) in [5.41, 5.74) is 1.71. The number of aliphatic hydroxyl groups is 1. The number of benzene rings is 1. The van der Waals surface area contributed by atoms with E-state index in [1.807, 2.05) is 0 Å². The monoisotopic (exact) mass is 297 g/mol. The molecule has 6 heteroatoms. The SMILES string of the molecule is CC(=O)N1CCCc2cc(S(=O)(=O)CCCO)ccc21. The summed E-state index contributed by atoms with van der Waals surface area (Å²) in [5.74, 6) is -0.0829. The molecule has 0 unspecified atom stereocenters. The van der Waals surface area contributed by atoms with Gasteiger partial charge in [-0.3, -0.25) is 4.79 Å². The molecular weight excluding hydrogens is 278 g/mol.